The van der Waals surface area contributed by atoms with Crippen LogP contribution in [-0.2, 0) is 11.0 Å². The van der Waals surface area contributed by atoms with Crippen LogP contribution in [0.2, 0.25) is 0 Å². The Hall–Kier alpha value is -3.23. The highest BCUT2D eigenvalue weighted by molar-refractivity contribution is 5.79. The van der Waals surface area contributed by atoms with Crippen LogP contribution in [0.5, 0.6) is 5.75 Å². The predicted molar refractivity (Wildman–Crippen MR) is 79.7 cm³/mol. The van der Waals surface area contributed by atoms with E-state index in [1.165, 1.54) is 24.3 Å². The number of halogens is 3. The predicted octanol–water partition coefficient (Wildman–Crippen LogP) is 3.72. The average Bonchev–Trinajstić information content (AvgIpc) is 2.59. The van der Waals surface area contributed by atoms with Crippen molar-refractivity contribution in [2.45, 2.75) is 12.1 Å². The number of rotatable bonds is 3. The molecule has 2 heterocycles. The Morgan fingerprint density at radius 2 is 2.00 bits per heavy atom. The lowest BCUT2D eigenvalue weighted by Crippen LogP contribution is -2.16. The molecule has 2 aromatic rings. The molecule has 0 N–H and O–H groups in total. The second-order valence-corrected chi connectivity index (χ2v) is 5.14. The topological polar surface area (TPSA) is 82.3 Å². The number of carbonyl (C=O) groups is 1. The van der Waals surface area contributed by atoms with Crippen molar-refractivity contribution >= 4 is 17.7 Å². The van der Waals surface area contributed by atoms with E-state index in [0.717, 1.165) is 18.3 Å². The summed E-state index contributed by atoms with van der Waals surface area (Å²) in [7, 11) is 0. The number of para-hydroxylation sites is 1. The van der Waals surface area contributed by atoms with Crippen LogP contribution in [0.1, 0.15) is 22.7 Å². The van der Waals surface area contributed by atoms with Gasteiger partial charge in [-0.3, -0.25) is 15.1 Å². The number of ether oxygens (including phenoxy) is 1. The van der Waals surface area contributed by atoms with Gasteiger partial charge in [-0.05, 0) is 18.2 Å². The maximum atomic E-state index is 13.2. The fourth-order valence-corrected chi connectivity index (χ4v) is 2.54. The normalized spacial score (nSPS) is 16.4. The lowest BCUT2D eigenvalue weighted by molar-refractivity contribution is -0.385. The zero-order chi connectivity index (χ0) is 18.2. The number of hydrogen-bond acceptors (Lipinski definition) is 5. The summed E-state index contributed by atoms with van der Waals surface area (Å²) in [6.07, 6.45) is -2.11. The van der Waals surface area contributed by atoms with Gasteiger partial charge >= 0.3 is 11.9 Å². The number of alkyl halides is 3. The zero-order valence-corrected chi connectivity index (χ0v) is 12.4. The van der Waals surface area contributed by atoms with Crippen molar-refractivity contribution in [3.8, 4) is 5.75 Å². The van der Waals surface area contributed by atoms with Crippen LogP contribution < -0.4 is 4.74 Å². The molecular formula is C16H9F3N2O4. The largest absolute Gasteiger partial charge is 0.449 e. The highest BCUT2D eigenvalue weighted by Crippen LogP contribution is 2.44. The Labute approximate surface area is 138 Å². The summed E-state index contributed by atoms with van der Waals surface area (Å²) in [5.74, 6) is -1.53. The standard InChI is InChI=1S/C16H9F3N2O4/c17-16(18,19)15-11(4-2-6-20-15)13-7-9(8-22)10-3-1-5-12(21(23)24)14(10)25-13/h1-9H. The van der Waals surface area contributed by atoms with Gasteiger partial charge in [-0.15, -0.1) is 0 Å². The third-order valence-corrected chi connectivity index (χ3v) is 3.61. The van der Waals surface area contributed by atoms with Crippen LogP contribution in [0.15, 0.2) is 42.6 Å². The quantitative estimate of drug-likeness (QED) is 0.479. The third kappa shape index (κ3) is 2.95. The van der Waals surface area contributed by atoms with Crippen LogP contribution >= 0.6 is 0 Å². The van der Waals surface area contributed by atoms with Gasteiger partial charge in [-0.25, -0.2) is 0 Å². The summed E-state index contributed by atoms with van der Waals surface area (Å²) in [5.41, 5.74) is -1.82. The Balaban J connectivity index is 2.18. The van der Waals surface area contributed by atoms with E-state index in [0.29, 0.717) is 6.29 Å². The summed E-state index contributed by atoms with van der Waals surface area (Å²) in [5, 5.41) is 11.2. The summed E-state index contributed by atoms with van der Waals surface area (Å²) in [6, 6.07) is 6.38. The van der Waals surface area contributed by atoms with Crippen LogP contribution in [0, 0.1) is 10.1 Å². The summed E-state index contributed by atoms with van der Waals surface area (Å²) in [6.45, 7) is 0. The number of carbonyl (C=O) groups excluding carboxylic acids is 1. The zero-order valence-electron chi connectivity index (χ0n) is 12.4. The van der Waals surface area contributed by atoms with E-state index in [2.05, 4.69) is 4.98 Å². The first-order valence-corrected chi connectivity index (χ1v) is 6.97. The van der Waals surface area contributed by atoms with Gasteiger partial charge in [0.2, 0.25) is 5.75 Å². The number of benzene rings is 1. The molecule has 1 aliphatic heterocycles. The molecule has 1 aromatic heterocycles. The Morgan fingerprint density at radius 3 is 2.64 bits per heavy atom. The van der Waals surface area contributed by atoms with Gasteiger partial charge in [0.05, 0.1) is 10.8 Å². The molecule has 1 unspecified atom stereocenters. The minimum Gasteiger partial charge on any atom is -0.449 e. The molecule has 9 heteroatoms. The Bertz CT molecular complexity index is 893. The SMILES string of the molecule is O=CC1C=C(c2cccnc2C(F)(F)F)Oc2c1cccc2[N+](=O)[O-]. The second kappa shape index (κ2) is 6.00. The molecule has 1 atom stereocenters. The van der Waals surface area contributed by atoms with Crippen molar-refractivity contribution in [3.63, 3.8) is 0 Å². The number of fused-ring (bicyclic) bond motifs is 1. The van der Waals surface area contributed by atoms with Gasteiger partial charge in [-0.2, -0.15) is 13.2 Å². The van der Waals surface area contributed by atoms with E-state index < -0.39 is 34.0 Å². The van der Waals surface area contributed by atoms with E-state index in [9.17, 15) is 28.1 Å². The van der Waals surface area contributed by atoms with Crippen LogP contribution in [0.3, 0.4) is 0 Å². The second-order valence-electron chi connectivity index (χ2n) is 5.14. The van der Waals surface area contributed by atoms with E-state index in [1.807, 2.05) is 0 Å². The van der Waals surface area contributed by atoms with Crippen LogP contribution in [0.4, 0.5) is 18.9 Å². The number of aldehydes is 1. The molecule has 0 amide bonds. The maximum absolute atomic E-state index is 13.2. The molecule has 0 saturated heterocycles. The van der Waals surface area contributed by atoms with Crippen molar-refractivity contribution in [2.75, 3.05) is 0 Å². The number of aromatic nitrogens is 1. The lowest BCUT2D eigenvalue weighted by atomic mass is 9.94. The van der Waals surface area contributed by atoms with E-state index in [4.69, 9.17) is 4.74 Å². The molecular weight excluding hydrogens is 341 g/mol. The molecule has 6 nitrogen and oxygen atoms in total. The molecule has 0 fully saturated rings. The van der Waals surface area contributed by atoms with Gasteiger partial charge in [0.15, 0.2) is 5.69 Å². The molecule has 1 aliphatic rings. The monoisotopic (exact) mass is 350 g/mol. The number of nitrogens with zero attached hydrogens (tertiary/aromatic N) is 2. The summed E-state index contributed by atoms with van der Waals surface area (Å²) in [4.78, 5) is 25.1. The van der Waals surface area contributed by atoms with Crippen molar-refractivity contribution in [3.05, 3.63) is 69.5 Å². The van der Waals surface area contributed by atoms with Crippen molar-refractivity contribution in [1.29, 1.82) is 0 Å². The van der Waals surface area contributed by atoms with Crippen molar-refractivity contribution < 1.29 is 27.6 Å². The average molecular weight is 350 g/mol. The molecule has 3 rings (SSSR count). The molecule has 0 saturated carbocycles. The molecule has 1 aromatic carbocycles. The first-order valence-electron chi connectivity index (χ1n) is 6.97. The highest BCUT2D eigenvalue weighted by atomic mass is 19.4. The number of allylic oxidation sites excluding steroid dienone is 1. The third-order valence-electron chi connectivity index (χ3n) is 3.61. The van der Waals surface area contributed by atoms with Crippen LogP contribution in [0.25, 0.3) is 5.76 Å². The van der Waals surface area contributed by atoms with Gasteiger partial charge in [0.1, 0.15) is 12.0 Å². The fourth-order valence-electron chi connectivity index (χ4n) is 2.54. The molecule has 25 heavy (non-hydrogen) atoms. The highest BCUT2D eigenvalue weighted by Gasteiger charge is 2.38. The van der Waals surface area contributed by atoms with Gasteiger partial charge in [0, 0.05) is 23.4 Å². The molecule has 0 spiro atoms. The van der Waals surface area contributed by atoms with Crippen molar-refractivity contribution in [1.82, 2.24) is 4.98 Å². The fraction of sp³-hybridized carbons (Fsp3) is 0.125. The van der Waals surface area contributed by atoms with Crippen molar-refractivity contribution in [2.24, 2.45) is 0 Å². The minimum atomic E-state index is -4.75. The smallest absolute Gasteiger partial charge is 0.434 e. The number of hydrogen-bond donors (Lipinski definition) is 0. The minimum absolute atomic E-state index is 0.213. The molecule has 0 bridgehead atoms. The summed E-state index contributed by atoms with van der Waals surface area (Å²) >= 11 is 0. The number of nitro benzene ring substituents is 1. The van der Waals surface area contributed by atoms with E-state index in [1.54, 1.807) is 0 Å². The number of nitro groups is 1. The van der Waals surface area contributed by atoms with Gasteiger partial charge in [-0.1, -0.05) is 12.1 Å². The van der Waals surface area contributed by atoms with E-state index in [-0.39, 0.29) is 17.1 Å². The lowest BCUT2D eigenvalue weighted by Gasteiger charge is -2.23. The Morgan fingerprint density at radius 1 is 1.24 bits per heavy atom. The Kier molecular flexibility index (Phi) is 3.99. The molecule has 0 aliphatic carbocycles. The molecule has 128 valence electrons. The summed E-state index contributed by atoms with van der Waals surface area (Å²) < 4.78 is 44.9. The number of pyridine rings is 1. The van der Waals surface area contributed by atoms with Gasteiger partial charge in [0.25, 0.3) is 0 Å². The van der Waals surface area contributed by atoms with Gasteiger partial charge < -0.3 is 9.53 Å². The molecule has 0 radical (unpaired) electrons. The first-order chi connectivity index (χ1) is 11.8. The maximum Gasteiger partial charge on any atom is 0.434 e. The van der Waals surface area contributed by atoms with E-state index >= 15 is 0 Å². The van der Waals surface area contributed by atoms with Crippen LogP contribution in [-0.4, -0.2) is 16.2 Å². The first kappa shape index (κ1) is 16.6.